The molecule has 1 atom stereocenters. The second-order valence-corrected chi connectivity index (χ2v) is 7.18. The Labute approximate surface area is 147 Å². The summed E-state index contributed by atoms with van der Waals surface area (Å²) >= 11 is 0. The van der Waals surface area contributed by atoms with Gasteiger partial charge in [-0.2, -0.15) is 0 Å². The van der Waals surface area contributed by atoms with Crippen LogP contribution in [0.3, 0.4) is 0 Å². The molecule has 4 N–H and O–H groups in total. The topological polar surface area (TPSA) is 80.3 Å². The molecule has 2 aliphatic rings. The monoisotopic (exact) mass is 339 g/mol. The smallest absolute Gasteiger partial charge is 0.250 e. The number of nitrogens with one attached hydrogen (secondary N) is 1. The lowest BCUT2D eigenvalue weighted by Crippen LogP contribution is -2.26. The van der Waals surface area contributed by atoms with Crippen molar-refractivity contribution in [3.05, 3.63) is 52.3 Å². The number of aryl methyl sites for hydroxylation is 1. The Kier molecular flexibility index (Phi) is 4.25. The molecular weight excluding hydrogens is 314 g/mol. The average molecular weight is 339 g/mol. The first kappa shape index (κ1) is 16.2. The summed E-state index contributed by atoms with van der Waals surface area (Å²) in [6.45, 7) is 1.67. The number of hydrogen-bond acceptors (Lipinski definition) is 3. The van der Waals surface area contributed by atoms with Crippen molar-refractivity contribution in [2.24, 2.45) is 5.73 Å². The van der Waals surface area contributed by atoms with Crippen LogP contribution in [0, 0.1) is 0 Å². The van der Waals surface area contributed by atoms with E-state index in [9.17, 15) is 9.90 Å². The van der Waals surface area contributed by atoms with Gasteiger partial charge in [0, 0.05) is 30.5 Å². The first-order valence-electron chi connectivity index (χ1n) is 9.20. The molecule has 1 unspecified atom stereocenters. The Morgan fingerprint density at radius 2 is 2.12 bits per heavy atom. The van der Waals surface area contributed by atoms with E-state index in [-0.39, 0.29) is 11.9 Å². The van der Waals surface area contributed by atoms with Gasteiger partial charge < -0.3 is 20.7 Å². The third-order valence-corrected chi connectivity index (χ3v) is 5.58. The maximum atomic E-state index is 11.8. The van der Waals surface area contributed by atoms with E-state index in [1.54, 1.807) is 6.07 Å². The van der Waals surface area contributed by atoms with Crippen molar-refractivity contribution in [1.82, 2.24) is 9.88 Å². The summed E-state index contributed by atoms with van der Waals surface area (Å²) in [5.41, 5.74) is 11.0. The molecule has 5 heteroatoms. The normalized spacial score (nSPS) is 19.3. The number of carbonyl (C=O) groups is 1. The molecule has 132 valence electrons. The van der Waals surface area contributed by atoms with Gasteiger partial charge in [-0.25, -0.2) is 0 Å². The number of carbonyl (C=O) groups excluding carboxylic acids is 1. The lowest BCUT2D eigenvalue weighted by atomic mass is 9.87. The highest BCUT2D eigenvalue weighted by Gasteiger charge is 2.23. The maximum Gasteiger partial charge on any atom is 0.250 e. The zero-order valence-corrected chi connectivity index (χ0v) is 14.4. The van der Waals surface area contributed by atoms with Gasteiger partial charge in [0.1, 0.15) is 5.75 Å². The van der Waals surface area contributed by atoms with Crippen LogP contribution in [0.2, 0.25) is 0 Å². The maximum absolute atomic E-state index is 11.8. The number of amides is 1. The molecule has 2 heterocycles. The largest absolute Gasteiger partial charge is 0.508 e. The minimum Gasteiger partial charge on any atom is -0.508 e. The first-order chi connectivity index (χ1) is 12.1. The van der Waals surface area contributed by atoms with Crippen LogP contribution < -0.4 is 11.1 Å². The van der Waals surface area contributed by atoms with Crippen molar-refractivity contribution in [2.45, 2.75) is 57.7 Å². The van der Waals surface area contributed by atoms with E-state index >= 15 is 0 Å². The van der Waals surface area contributed by atoms with Crippen LogP contribution in [0.5, 0.6) is 5.75 Å². The van der Waals surface area contributed by atoms with E-state index in [0.717, 1.165) is 56.5 Å². The number of hydrogen-bond donors (Lipinski definition) is 3. The number of rotatable bonds is 4. The van der Waals surface area contributed by atoms with Gasteiger partial charge in [-0.15, -0.1) is 0 Å². The minimum atomic E-state index is -0.329. The summed E-state index contributed by atoms with van der Waals surface area (Å²) in [6, 6.07) is 7.88. The van der Waals surface area contributed by atoms with Crippen molar-refractivity contribution in [3.63, 3.8) is 0 Å². The molecule has 1 aromatic carbocycles. The van der Waals surface area contributed by atoms with Crippen molar-refractivity contribution < 1.29 is 9.90 Å². The van der Waals surface area contributed by atoms with E-state index in [2.05, 4.69) is 9.88 Å². The molecule has 2 aromatic rings. The standard InChI is InChI=1S/C20H25N3O2/c21-20(25)17-10-14(23-9-2-1-6-19(17)23)12-22-18-5-3-4-13-7-8-15(24)11-16(13)18/h7-8,10-11,18,22,24H,1-6,9,12H2,(H2,21,25). The molecule has 0 spiro atoms. The molecule has 0 saturated heterocycles. The number of phenols is 1. The van der Waals surface area contributed by atoms with Gasteiger partial charge >= 0.3 is 0 Å². The fourth-order valence-corrected chi connectivity index (χ4v) is 4.34. The average Bonchev–Trinajstić information content (AvgIpc) is 2.99. The summed E-state index contributed by atoms with van der Waals surface area (Å²) in [5.74, 6) is -0.00614. The molecule has 4 rings (SSSR count). The predicted octanol–water partition coefficient (Wildman–Crippen LogP) is 2.80. The summed E-state index contributed by atoms with van der Waals surface area (Å²) < 4.78 is 2.27. The van der Waals surface area contributed by atoms with Crippen LogP contribution in [0.15, 0.2) is 24.3 Å². The molecule has 5 nitrogen and oxygen atoms in total. The number of nitrogens with zero attached hydrogens (tertiary/aromatic N) is 1. The van der Waals surface area contributed by atoms with Crippen LogP contribution >= 0.6 is 0 Å². The number of fused-ring (bicyclic) bond motifs is 2. The molecule has 0 bridgehead atoms. The molecule has 0 fully saturated rings. The van der Waals surface area contributed by atoms with Crippen molar-refractivity contribution in [1.29, 1.82) is 0 Å². The second kappa shape index (κ2) is 6.56. The van der Waals surface area contributed by atoms with Gasteiger partial charge in [0.05, 0.1) is 5.56 Å². The highest BCUT2D eigenvalue weighted by molar-refractivity contribution is 5.94. The van der Waals surface area contributed by atoms with E-state index in [0.29, 0.717) is 17.9 Å². The fourth-order valence-electron chi connectivity index (χ4n) is 4.34. The number of phenolic OH excluding ortho intramolecular Hbond substituents is 1. The molecule has 1 aliphatic carbocycles. The van der Waals surface area contributed by atoms with Gasteiger partial charge in [0.15, 0.2) is 0 Å². The van der Waals surface area contributed by atoms with E-state index in [1.165, 1.54) is 11.1 Å². The highest BCUT2D eigenvalue weighted by atomic mass is 16.3. The number of aromatic hydroxyl groups is 1. The lowest BCUT2D eigenvalue weighted by Gasteiger charge is -2.27. The fraction of sp³-hybridized carbons (Fsp3) is 0.450. The van der Waals surface area contributed by atoms with Gasteiger partial charge in [-0.05, 0) is 67.9 Å². The number of benzene rings is 1. The van der Waals surface area contributed by atoms with Gasteiger partial charge in [0.25, 0.3) is 5.91 Å². The third-order valence-electron chi connectivity index (χ3n) is 5.58. The Morgan fingerprint density at radius 3 is 2.96 bits per heavy atom. The molecule has 0 saturated carbocycles. The molecule has 1 amide bonds. The molecule has 25 heavy (non-hydrogen) atoms. The van der Waals surface area contributed by atoms with Crippen LogP contribution in [0.25, 0.3) is 0 Å². The lowest BCUT2D eigenvalue weighted by molar-refractivity contribution is 0.0999. The highest BCUT2D eigenvalue weighted by Crippen LogP contribution is 2.32. The minimum absolute atomic E-state index is 0.239. The number of nitrogens with two attached hydrogens (primary N) is 1. The van der Waals surface area contributed by atoms with Crippen molar-refractivity contribution >= 4 is 5.91 Å². The quantitative estimate of drug-likeness (QED) is 0.801. The van der Waals surface area contributed by atoms with Crippen LogP contribution in [-0.2, 0) is 25.9 Å². The summed E-state index contributed by atoms with van der Waals surface area (Å²) in [4.78, 5) is 11.8. The summed E-state index contributed by atoms with van der Waals surface area (Å²) in [5, 5.41) is 13.5. The SMILES string of the molecule is NC(=O)c1cc(CNC2CCCc3ccc(O)cc32)n2c1CCCC2. The Balaban J connectivity index is 1.57. The van der Waals surface area contributed by atoms with Crippen LogP contribution in [-0.4, -0.2) is 15.6 Å². The first-order valence-corrected chi connectivity index (χ1v) is 9.20. The molecular formula is C20H25N3O2. The van der Waals surface area contributed by atoms with Crippen molar-refractivity contribution in [3.8, 4) is 5.75 Å². The van der Waals surface area contributed by atoms with E-state index < -0.39 is 0 Å². The van der Waals surface area contributed by atoms with Crippen molar-refractivity contribution in [2.75, 3.05) is 0 Å². The molecule has 1 aromatic heterocycles. The van der Waals surface area contributed by atoms with E-state index in [1.807, 2.05) is 18.2 Å². The summed E-state index contributed by atoms with van der Waals surface area (Å²) in [7, 11) is 0. The predicted molar refractivity (Wildman–Crippen MR) is 96.5 cm³/mol. The molecule has 1 aliphatic heterocycles. The van der Waals surface area contributed by atoms with Gasteiger partial charge in [-0.1, -0.05) is 6.07 Å². The zero-order valence-electron chi connectivity index (χ0n) is 14.4. The number of aromatic nitrogens is 1. The second-order valence-electron chi connectivity index (χ2n) is 7.18. The van der Waals surface area contributed by atoms with Crippen LogP contribution in [0.4, 0.5) is 0 Å². The Bertz CT molecular complexity index is 810. The summed E-state index contributed by atoms with van der Waals surface area (Å²) in [6.07, 6.45) is 6.47. The van der Waals surface area contributed by atoms with Gasteiger partial charge in [0.2, 0.25) is 0 Å². The Morgan fingerprint density at radius 1 is 1.24 bits per heavy atom. The van der Waals surface area contributed by atoms with Gasteiger partial charge in [-0.3, -0.25) is 4.79 Å². The van der Waals surface area contributed by atoms with E-state index in [4.69, 9.17) is 5.73 Å². The number of primary amides is 1. The Hall–Kier alpha value is -2.27. The van der Waals surface area contributed by atoms with Crippen LogP contribution in [0.1, 0.15) is 64.6 Å². The third kappa shape index (κ3) is 3.04. The zero-order chi connectivity index (χ0) is 17.4. The molecule has 0 radical (unpaired) electrons.